The molecule has 2 aliphatic rings. The van der Waals surface area contributed by atoms with Crippen molar-refractivity contribution in [2.75, 3.05) is 0 Å². The van der Waals surface area contributed by atoms with E-state index >= 15 is 0 Å². The maximum absolute atomic E-state index is 11.5. The number of aliphatic hydroxyl groups is 1. The molecule has 3 nitrogen and oxygen atoms in total. The van der Waals surface area contributed by atoms with Crippen molar-refractivity contribution < 1.29 is 14.6 Å². The van der Waals surface area contributed by atoms with Crippen molar-refractivity contribution in [3.63, 3.8) is 0 Å². The Balaban J connectivity index is 2.33. The Morgan fingerprint density at radius 2 is 2.23 bits per heavy atom. The van der Waals surface area contributed by atoms with Crippen molar-refractivity contribution in [3.05, 3.63) is 11.6 Å². The van der Waals surface area contributed by atoms with Gasteiger partial charge in [0.2, 0.25) is 0 Å². The molecule has 0 unspecified atom stereocenters. The molecule has 1 N–H and O–H groups in total. The molecule has 0 saturated carbocycles. The first-order valence-corrected chi connectivity index (χ1v) is 4.58. The Morgan fingerprint density at radius 3 is 2.77 bits per heavy atom. The Kier molecular flexibility index (Phi) is 1.66. The van der Waals surface area contributed by atoms with Crippen LogP contribution in [0.3, 0.4) is 0 Å². The van der Waals surface area contributed by atoms with E-state index in [4.69, 9.17) is 4.74 Å². The Morgan fingerprint density at radius 1 is 1.62 bits per heavy atom. The van der Waals surface area contributed by atoms with Gasteiger partial charge in [-0.05, 0) is 24.5 Å². The second-order valence-corrected chi connectivity index (χ2v) is 4.29. The molecule has 2 rings (SSSR count). The zero-order valence-electron chi connectivity index (χ0n) is 8.07. The molecule has 1 aliphatic heterocycles. The molecule has 0 aromatic carbocycles. The van der Waals surface area contributed by atoms with Crippen molar-refractivity contribution >= 4 is 5.78 Å². The van der Waals surface area contributed by atoms with Gasteiger partial charge in [0.25, 0.3) is 0 Å². The number of ketones is 1. The zero-order valence-corrected chi connectivity index (χ0v) is 8.07. The van der Waals surface area contributed by atoms with Crippen LogP contribution in [0.4, 0.5) is 0 Å². The lowest BCUT2D eigenvalue weighted by Crippen LogP contribution is -2.44. The molecule has 0 aromatic rings. The van der Waals surface area contributed by atoms with Crippen LogP contribution < -0.4 is 0 Å². The number of hydrogen-bond acceptors (Lipinski definition) is 3. The minimum Gasteiger partial charge on any atom is -0.379 e. The van der Waals surface area contributed by atoms with Crippen LogP contribution in [0, 0.1) is 5.92 Å². The lowest BCUT2D eigenvalue weighted by Gasteiger charge is -2.23. The Labute approximate surface area is 77.4 Å². The minimum atomic E-state index is -1.30. The summed E-state index contributed by atoms with van der Waals surface area (Å²) in [5.41, 5.74) is -0.287. The van der Waals surface area contributed by atoms with Crippen LogP contribution in [-0.2, 0) is 9.53 Å². The fourth-order valence-corrected chi connectivity index (χ4v) is 1.81. The molecule has 3 heteroatoms. The SMILES string of the molecule is CC(C)C1=CC(=O)[C@](C)(O)[C@@H]2O[C@H]12. The molecular weight excluding hydrogens is 168 g/mol. The second kappa shape index (κ2) is 2.42. The first-order valence-electron chi connectivity index (χ1n) is 4.58. The number of ether oxygens (including phenoxy) is 1. The maximum atomic E-state index is 11.5. The third-order valence-corrected chi connectivity index (χ3v) is 2.84. The van der Waals surface area contributed by atoms with E-state index in [1.54, 1.807) is 6.08 Å². The van der Waals surface area contributed by atoms with Gasteiger partial charge in [0.05, 0.1) is 0 Å². The number of carbonyl (C=O) groups is 1. The summed E-state index contributed by atoms with van der Waals surface area (Å²) in [6, 6.07) is 0. The van der Waals surface area contributed by atoms with Crippen molar-refractivity contribution in [1.29, 1.82) is 0 Å². The molecule has 72 valence electrons. The molecule has 0 spiro atoms. The summed E-state index contributed by atoms with van der Waals surface area (Å²) in [6.45, 7) is 5.57. The topological polar surface area (TPSA) is 49.8 Å². The number of epoxide rings is 1. The van der Waals surface area contributed by atoms with Gasteiger partial charge in [-0.2, -0.15) is 0 Å². The van der Waals surface area contributed by atoms with E-state index in [-0.39, 0.29) is 18.0 Å². The van der Waals surface area contributed by atoms with Crippen LogP contribution in [0.15, 0.2) is 11.6 Å². The fraction of sp³-hybridized carbons (Fsp3) is 0.700. The highest BCUT2D eigenvalue weighted by atomic mass is 16.6. The van der Waals surface area contributed by atoms with Gasteiger partial charge in [-0.25, -0.2) is 0 Å². The predicted molar refractivity (Wildman–Crippen MR) is 47.2 cm³/mol. The predicted octanol–water partition coefficient (Wildman–Crippen LogP) is 0.670. The Hall–Kier alpha value is -0.670. The summed E-state index contributed by atoms with van der Waals surface area (Å²) in [7, 11) is 0. The third-order valence-electron chi connectivity index (χ3n) is 2.84. The quantitative estimate of drug-likeness (QED) is 0.606. The van der Waals surface area contributed by atoms with Gasteiger partial charge >= 0.3 is 0 Å². The fourth-order valence-electron chi connectivity index (χ4n) is 1.81. The molecule has 0 aromatic heterocycles. The van der Waals surface area contributed by atoms with Crippen LogP contribution in [0.2, 0.25) is 0 Å². The van der Waals surface area contributed by atoms with Crippen LogP contribution >= 0.6 is 0 Å². The van der Waals surface area contributed by atoms with Gasteiger partial charge in [-0.3, -0.25) is 4.79 Å². The molecule has 1 fully saturated rings. The van der Waals surface area contributed by atoms with E-state index in [0.717, 1.165) is 5.57 Å². The lowest BCUT2D eigenvalue weighted by atomic mass is 9.82. The van der Waals surface area contributed by atoms with Gasteiger partial charge in [0.15, 0.2) is 11.4 Å². The molecule has 1 saturated heterocycles. The number of fused-ring (bicyclic) bond motifs is 1. The van der Waals surface area contributed by atoms with Gasteiger partial charge < -0.3 is 9.84 Å². The largest absolute Gasteiger partial charge is 0.379 e. The number of rotatable bonds is 1. The molecular formula is C10H14O3. The highest BCUT2D eigenvalue weighted by Gasteiger charge is 2.59. The van der Waals surface area contributed by atoms with E-state index in [1.807, 2.05) is 13.8 Å². The van der Waals surface area contributed by atoms with E-state index in [1.165, 1.54) is 6.92 Å². The smallest absolute Gasteiger partial charge is 0.189 e. The summed E-state index contributed by atoms with van der Waals surface area (Å²) in [6.07, 6.45) is 1.22. The third kappa shape index (κ3) is 1.15. The first kappa shape index (κ1) is 8.91. The molecule has 0 amide bonds. The van der Waals surface area contributed by atoms with Gasteiger partial charge in [-0.15, -0.1) is 0 Å². The van der Waals surface area contributed by atoms with Gasteiger partial charge in [0, 0.05) is 0 Å². The van der Waals surface area contributed by atoms with Crippen LogP contribution in [0.1, 0.15) is 20.8 Å². The average molecular weight is 182 g/mol. The van der Waals surface area contributed by atoms with E-state index in [0.29, 0.717) is 5.92 Å². The van der Waals surface area contributed by atoms with Crippen molar-refractivity contribution in [2.45, 2.75) is 38.6 Å². The molecule has 13 heavy (non-hydrogen) atoms. The summed E-state index contributed by atoms with van der Waals surface area (Å²) in [4.78, 5) is 11.5. The van der Waals surface area contributed by atoms with E-state index in [9.17, 15) is 9.90 Å². The monoisotopic (exact) mass is 182 g/mol. The van der Waals surface area contributed by atoms with Gasteiger partial charge in [-0.1, -0.05) is 13.8 Å². The van der Waals surface area contributed by atoms with Crippen molar-refractivity contribution in [1.82, 2.24) is 0 Å². The van der Waals surface area contributed by atoms with E-state index in [2.05, 4.69) is 0 Å². The second-order valence-electron chi connectivity index (χ2n) is 4.29. The molecule has 0 bridgehead atoms. The van der Waals surface area contributed by atoms with Gasteiger partial charge in [0.1, 0.15) is 12.2 Å². The lowest BCUT2D eigenvalue weighted by molar-refractivity contribution is -0.132. The summed E-state index contributed by atoms with van der Waals surface area (Å²) >= 11 is 0. The summed E-state index contributed by atoms with van der Waals surface area (Å²) in [5.74, 6) is 0.0880. The number of carbonyl (C=O) groups excluding carboxylic acids is 1. The van der Waals surface area contributed by atoms with E-state index < -0.39 is 5.60 Å². The van der Waals surface area contributed by atoms with Crippen LogP contribution in [-0.4, -0.2) is 28.7 Å². The maximum Gasteiger partial charge on any atom is 0.189 e. The molecule has 0 radical (unpaired) electrons. The highest BCUT2D eigenvalue weighted by molar-refractivity contribution is 5.99. The zero-order chi connectivity index (χ0) is 9.80. The average Bonchev–Trinajstić information content (AvgIpc) is 2.76. The van der Waals surface area contributed by atoms with Crippen LogP contribution in [0.5, 0.6) is 0 Å². The molecule has 1 aliphatic carbocycles. The van der Waals surface area contributed by atoms with Crippen molar-refractivity contribution in [3.8, 4) is 0 Å². The standard InChI is InChI=1S/C10H14O3/c1-5(2)6-4-7(11)10(3,12)9-8(6)13-9/h4-5,8-9,12H,1-3H3/t8-,9-,10+/m1/s1. The molecule has 3 atom stereocenters. The summed E-state index contributed by atoms with van der Waals surface area (Å²) < 4.78 is 5.30. The number of hydrogen-bond donors (Lipinski definition) is 1. The Bertz CT molecular complexity index is 289. The summed E-state index contributed by atoms with van der Waals surface area (Å²) in [5, 5.41) is 9.73. The first-order chi connectivity index (χ1) is 5.94. The highest BCUT2D eigenvalue weighted by Crippen LogP contribution is 2.43. The molecule has 1 heterocycles. The van der Waals surface area contributed by atoms with Crippen LogP contribution in [0.25, 0.3) is 0 Å². The minimum absolute atomic E-state index is 0.0206. The van der Waals surface area contributed by atoms with Crippen molar-refractivity contribution in [2.24, 2.45) is 5.92 Å². The normalized spacial score (nSPS) is 43.2.